The highest BCUT2D eigenvalue weighted by atomic mass is 31.2. The highest BCUT2D eigenvalue weighted by molar-refractivity contribution is 7.73. The van der Waals surface area contributed by atoms with E-state index in [1.54, 1.807) is 0 Å². The van der Waals surface area contributed by atoms with Crippen molar-refractivity contribution in [1.82, 2.24) is 10.2 Å². The van der Waals surface area contributed by atoms with Crippen LogP contribution in [0.5, 0.6) is 0 Å². The molecule has 1 rings (SSSR count). The van der Waals surface area contributed by atoms with Crippen molar-refractivity contribution in [2.24, 2.45) is 0 Å². The summed E-state index contributed by atoms with van der Waals surface area (Å²) in [5.41, 5.74) is 0. The van der Waals surface area contributed by atoms with Crippen molar-refractivity contribution in [2.45, 2.75) is 11.5 Å². The standard InChI is InChI=1S/C11H26N2O7P2/c1-17-21(15,18-2)11(14,22(16,19-3)20-4)5-8-13-9-6-12-7-10-13/h12,14H,5-10H2,1-4H3. The van der Waals surface area contributed by atoms with Crippen molar-refractivity contribution < 1.29 is 32.3 Å². The largest absolute Gasteiger partial charge is 0.374 e. The van der Waals surface area contributed by atoms with Gasteiger partial charge in [0.25, 0.3) is 5.08 Å². The molecular weight excluding hydrogens is 334 g/mol. The summed E-state index contributed by atoms with van der Waals surface area (Å²) in [4.78, 5) is 2.05. The fraction of sp³-hybridized carbons (Fsp3) is 1.00. The Hall–Kier alpha value is 0.180. The van der Waals surface area contributed by atoms with Gasteiger partial charge in [-0.1, -0.05) is 0 Å². The zero-order valence-corrected chi connectivity index (χ0v) is 15.3. The molecule has 2 N–H and O–H groups in total. The van der Waals surface area contributed by atoms with Gasteiger partial charge in [-0.25, -0.2) is 0 Å². The van der Waals surface area contributed by atoms with Crippen LogP contribution >= 0.6 is 15.2 Å². The van der Waals surface area contributed by atoms with Gasteiger partial charge in [0.2, 0.25) is 0 Å². The van der Waals surface area contributed by atoms with Crippen molar-refractivity contribution in [2.75, 3.05) is 61.2 Å². The Morgan fingerprint density at radius 3 is 1.77 bits per heavy atom. The third kappa shape index (κ3) is 3.80. The molecule has 0 aromatic heterocycles. The van der Waals surface area contributed by atoms with E-state index in [1.165, 1.54) is 0 Å². The van der Waals surface area contributed by atoms with E-state index in [2.05, 4.69) is 5.32 Å². The van der Waals surface area contributed by atoms with Crippen LogP contribution in [0.3, 0.4) is 0 Å². The van der Waals surface area contributed by atoms with Crippen LogP contribution in [0.15, 0.2) is 0 Å². The number of hydrogen-bond acceptors (Lipinski definition) is 9. The van der Waals surface area contributed by atoms with Crippen LogP contribution < -0.4 is 5.32 Å². The molecule has 0 atom stereocenters. The number of aliphatic hydroxyl groups is 1. The summed E-state index contributed by atoms with van der Waals surface area (Å²) in [5, 5.41) is 11.7. The molecule has 132 valence electrons. The minimum atomic E-state index is -4.13. The monoisotopic (exact) mass is 360 g/mol. The van der Waals surface area contributed by atoms with Crippen LogP contribution in [0.4, 0.5) is 0 Å². The van der Waals surface area contributed by atoms with Crippen molar-refractivity contribution in [3.8, 4) is 0 Å². The molecule has 0 aromatic rings. The predicted molar refractivity (Wildman–Crippen MR) is 82.1 cm³/mol. The lowest BCUT2D eigenvalue weighted by atomic mass is 10.3. The van der Waals surface area contributed by atoms with Gasteiger partial charge in [0.1, 0.15) is 0 Å². The fourth-order valence-electron chi connectivity index (χ4n) is 2.40. The lowest BCUT2D eigenvalue weighted by Crippen LogP contribution is -2.45. The molecule has 0 bridgehead atoms. The summed E-state index contributed by atoms with van der Waals surface area (Å²) >= 11 is 0. The summed E-state index contributed by atoms with van der Waals surface area (Å²) < 4.78 is 45.0. The molecule has 0 amide bonds. The minimum absolute atomic E-state index is 0.134. The van der Waals surface area contributed by atoms with E-state index >= 15 is 0 Å². The van der Waals surface area contributed by atoms with Crippen LogP contribution in [-0.4, -0.2) is 76.3 Å². The maximum atomic E-state index is 12.8. The normalized spacial score (nSPS) is 18.6. The average molecular weight is 360 g/mol. The molecule has 0 unspecified atom stereocenters. The van der Waals surface area contributed by atoms with Crippen LogP contribution in [0.1, 0.15) is 6.42 Å². The van der Waals surface area contributed by atoms with Gasteiger partial charge in [0, 0.05) is 67.6 Å². The molecule has 1 saturated heterocycles. The second-order valence-electron chi connectivity index (χ2n) is 4.84. The zero-order chi connectivity index (χ0) is 16.9. The SMILES string of the molecule is COP(=O)(OC)C(O)(CCN1CCNCC1)P(=O)(OC)OC. The van der Waals surface area contributed by atoms with Crippen LogP contribution in [0.25, 0.3) is 0 Å². The van der Waals surface area contributed by atoms with Crippen LogP contribution in [0.2, 0.25) is 0 Å². The van der Waals surface area contributed by atoms with Crippen LogP contribution in [-0.2, 0) is 27.2 Å². The quantitative estimate of drug-likeness (QED) is 0.580. The number of nitrogens with zero attached hydrogens (tertiary/aromatic N) is 1. The number of rotatable bonds is 9. The Morgan fingerprint density at radius 1 is 1.00 bits per heavy atom. The molecule has 0 aliphatic carbocycles. The summed E-state index contributed by atoms with van der Waals surface area (Å²) in [6.45, 7) is 3.52. The number of nitrogens with one attached hydrogen (secondary N) is 1. The second-order valence-corrected chi connectivity index (χ2v) is 10.1. The van der Waals surface area contributed by atoms with E-state index in [9.17, 15) is 14.2 Å². The van der Waals surface area contributed by atoms with E-state index in [0.29, 0.717) is 6.54 Å². The van der Waals surface area contributed by atoms with Gasteiger partial charge < -0.3 is 33.4 Å². The molecule has 0 aromatic carbocycles. The molecular formula is C11H26N2O7P2. The maximum absolute atomic E-state index is 12.8. The van der Waals surface area contributed by atoms with Crippen molar-refractivity contribution >= 4 is 15.2 Å². The molecule has 0 spiro atoms. The third-order valence-electron chi connectivity index (χ3n) is 3.81. The Labute approximate surface area is 131 Å². The Bertz CT molecular complexity index is 400. The fourth-order valence-corrected chi connectivity index (χ4v) is 6.80. The number of piperazine rings is 1. The minimum Gasteiger partial charge on any atom is -0.367 e. The summed E-state index contributed by atoms with van der Waals surface area (Å²) in [6.07, 6.45) is -0.134. The van der Waals surface area contributed by atoms with Gasteiger partial charge in [-0.2, -0.15) is 0 Å². The van der Waals surface area contributed by atoms with E-state index in [4.69, 9.17) is 18.1 Å². The molecule has 1 aliphatic heterocycles. The van der Waals surface area contributed by atoms with Gasteiger partial charge >= 0.3 is 15.2 Å². The topological polar surface area (TPSA) is 107 Å². The van der Waals surface area contributed by atoms with Gasteiger partial charge in [0.05, 0.1) is 0 Å². The first-order chi connectivity index (χ1) is 10.3. The van der Waals surface area contributed by atoms with Crippen LogP contribution in [0, 0.1) is 0 Å². The van der Waals surface area contributed by atoms with E-state index in [-0.39, 0.29) is 6.42 Å². The Kier molecular flexibility index (Phi) is 7.66. The Balaban J connectivity index is 3.05. The van der Waals surface area contributed by atoms with Crippen molar-refractivity contribution in [3.63, 3.8) is 0 Å². The van der Waals surface area contributed by atoms with E-state index in [0.717, 1.165) is 54.6 Å². The average Bonchev–Trinajstić information content (AvgIpc) is 2.58. The molecule has 1 aliphatic rings. The van der Waals surface area contributed by atoms with E-state index < -0.39 is 20.3 Å². The van der Waals surface area contributed by atoms with Gasteiger partial charge in [-0.05, 0) is 0 Å². The van der Waals surface area contributed by atoms with Gasteiger partial charge in [-0.15, -0.1) is 0 Å². The summed E-state index contributed by atoms with van der Waals surface area (Å²) in [5.74, 6) is 0. The van der Waals surface area contributed by atoms with Crippen molar-refractivity contribution in [3.05, 3.63) is 0 Å². The first-order valence-corrected chi connectivity index (χ1v) is 9.99. The van der Waals surface area contributed by atoms with Gasteiger partial charge in [-0.3, -0.25) is 9.13 Å². The number of hydrogen-bond donors (Lipinski definition) is 2. The molecule has 9 nitrogen and oxygen atoms in total. The second kappa shape index (κ2) is 8.33. The molecule has 11 heteroatoms. The lowest BCUT2D eigenvalue weighted by Gasteiger charge is -2.38. The Morgan fingerprint density at radius 2 is 1.41 bits per heavy atom. The first-order valence-electron chi connectivity index (χ1n) is 6.91. The van der Waals surface area contributed by atoms with Crippen molar-refractivity contribution in [1.29, 1.82) is 0 Å². The van der Waals surface area contributed by atoms with Gasteiger partial charge in [0.15, 0.2) is 0 Å². The predicted octanol–water partition coefficient (Wildman–Crippen LogP) is 0.900. The first kappa shape index (κ1) is 20.2. The lowest BCUT2D eigenvalue weighted by molar-refractivity contribution is 0.0848. The molecule has 0 saturated carbocycles. The summed E-state index contributed by atoms with van der Waals surface area (Å²) in [7, 11) is -3.77. The summed E-state index contributed by atoms with van der Waals surface area (Å²) in [6, 6.07) is 0. The maximum Gasteiger partial charge on any atom is 0.374 e. The molecule has 22 heavy (non-hydrogen) atoms. The smallest absolute Gasteiger partial charge is 0.367 e. The molecule has 1 fully saturated rings. The zero-order valence-electron chi connectivity index (χ0n) is 13.5. The molecule has 0 radical (unpaired) electrons. The molecule has 1 heterocycles. The third-order valence-corrected chi connectivity index (χ3v) is 9.41. The van der Waals surface area contributed by atoms with E-state index in [1.807, 2.05) is 4.90 Å². The highest BCUT2D eigenvalue weighted by Crippen LogP contribution is 2.76. The highest BCUT2D eigenvalue weighted by Gasteiger charge is 2.63.